The molecule has 1 saturated heterocycles. The first-order chi connectivity index (χ1) is 7.74. The first-order valence-corrected chi connectivity index (χ1v) is 6.79. The molecule has 3 nitrogen and oxygen atoms in total. The van der Waals surface area contributed by atoms with Crippen molar-refractivity contribution in [3.63, 3.8) is 0 Å². The predicted molar refractivity (Wildman–Crippen MR) is 62.8 cm³/mol. The van der Waals surface area contributed by atoms with Crippen molar-refractivity contribution in [1.29, 1.82) is 0 Å². The van der Waals surface area contributed by atoms with Crippen molar-refractivity contribution in [3.05, 3.63) is 0 Å². The molecule has 16 heavy (non-hydrogen) atoms. The van der Waals surface area contributed by atoms with Crippen LogP contribution in [0.5, 0.6) is 0 Å². The van der Waals surface area contributed by atoms with Crippen LogP contribution in [0.15, 0.2) is 0 Å². The zero-order valence-electron chi connectivity index (χ0n) is 9.90. The minimum Gasteiger partial charge on any atom is -0.339 e. The Bertz CT molecular complexity index is 292. The molecule has 0 radical (unpaired) electrons. The van der Waals surface area contributed by atoms with Gasteiger partial charge in [-0.25, -0.2) is 0 Å². The van der Waals surface area contributed by atoms with Gasteiger partial charge in [-0.15, -0.1) is 0 Å². The number of nitrogens with two attached hydrogens (primary N) is 1. The molecular formula is C13H22N2O. The Labute approximate surface area is 97.4 Å². The monoisotopic (exact) mass is 222 g/mol. The molecule has 0 aromatic carbocycles. The SMILES string of the molecule is N[C@@H]1CCC[C@H]1CC(=O)N1CC2CCC1C2. The van der Waals surface area contributed by atoms with Crippen LogP contribution in [-0.2, 0) is 4.79 Å². The molecule has 3 rings (SSSR count). The van der Waals surface area contributed by atoms with Gasteiger partial charge in [0.1, 0.15) is 0 Å². The van der Waals surface area contributed by atoms with Crippen LogP contribution in [0.25, 0.3) is 0 Å². The van der Waals surface area contributed by atoms with Crippen molar-refractivity contribution in [1.82, 2.24) is 4.90 Å². The van der Waals surface area contributed by atoms with Gasteiger partial charge >= 0.3 is 0 Å². The number of carbonyl (C=O) groups excluding carboxylic acids is 1. The number of likely N-dealkylation sites (tertiary alicyclic amines) is 1. The van der Waals surface area contributed by atoms with E-state index in [9.17, 15) is 4.79 Å². The number of fused-ring (bicyclic) bond motifs is 2. The highest BCUT2D eigenvalue weighted by Crippen LogP contribution is 2.38. The lowest BCUT2D eigenvalue weighted by Crippen LogP contribution is -2.40. The number of hydrogen-bond donors (Lipinski definition) is 1. The van der Waals surface area contributed by atoms with Gasteiger partial charge in [-0.1, -0.05) is 6.42 Å². The summed E-state index contributed by atoms with van der Waals surface area (Å²) in [6, 6.07) is 0.860. The second-order valence-corrected chi connectivity index (χ2v) is 5.94. The number of piperidine rings is 1. The van der Waals surface area contributed by atoms with Gasteiger partial charge in [-0.3, -0.25) is 4.79 Å². The fourth-order valence-corrected chi connectivity index (χ4v) is 3.89. The second-order valence-electron chi connectivity index (χ2n) is 5.94. The number of amides is 1. The first kappa shape index (κ1) is 10.6. The lowest BCUT2D eigenvalue weighted by Gasteiger charge is -2.28. The van der Waals surface area contributed by atoms with E-state index in [0.717, 1.165) is 25.3 Å². The predicted octanol–water partition coefficient (Wildman–Crippen LogP) is 1.51. The van der Waals surface area contributed by atoms with E-state index in [1.165, 1.54) is 25.7 Å². The quantitative estimate of drug-likeness (QED) is 0.770. The molecule has 2 saturated carbocycles. The minimum atomic E-state index is 0.281. The maximum absolute atomic E-state index is 12.2. The van der Waals surface area contributed by atoms with Crippen molar-refractivity contribution in [3.8, 4) is 0 Å². The van der Waals surface area contributed by atoms with Gasteiger partial charge in [-0.2, -0.15) is 0 Å². The molecule has 2 unspecified atom stereocenters. The van der Waals surface area contributed by atoms with Crippen molar-refractivity contribution < 1.29 is 4.79 Å². The zero-order chi connectivity index (χ0) is 11.1. The summed E-state index contributed by atoms with van der Waals surface area (Å²) in [6.45, 7) is 1.03. The van der Waals surface area contributed by atoms with Gasteiger partial charge in [-0.05, 0) is 43.9 Å². The van der Waals surface area contributed by atoms with Gasteiger partial charge in [0.15, 0.2) is 0 Å². The lowest BCUT2D eigenvalue weighted by molar-refractivity contribution is -0.133. The Balaban J connectivity index is 1.57. The third-order valence-corrected chi connectivity index (χ3v) is 4.88. The van der Waals surface area contributed by atoms with Crippen LogP contribution in [0.3, 0.4) is 0 Å². The van der Waals surface area contributed by atoms with E-state index in [4.69, 9.17) is 5.73 Å². The molecule has 2 aliphatic carbocycles. The Morgan fingerprint density at radius 1 is 1.25 bits per heavy atom. The lowest BCUT2D eigenvalue weighted by atomic mass is 9.99. The topological polar surface area (TPSA) is 46.3 Å². The van der Waals surface area contributed by atoms with Crippen LogP contribution in [0, 0.1) is 11.8 Å². The average Bonchev–Trinajstić information content (AvgIpc) is 2.95. The third-order valence-electron chi connectivity index (χ3n) is 4.88. The van der Waals surface area contributed by atoms with Crippen LogP contribution in [-0.4, -0.2) is 29.4 Å². The highest BCUT2D eigenvalue weighted by atomic mass is 16.2. The van der Waals surface area contributed by atoms with Crippen LogP contribution in [0.2, 0.25) is 0 Å². The molecule has 90 valence electrons. The van der Waals surface area contributed by atoms with Crippen LogP contribution >= 0.6 is 0 Å². The minimum absolute atomic E-state index is 0.281. The van der Waals surface area contributed by atoms with E-state index in [-0.39, 0.29) is 6.04 Å². The van der Waals surface area contributed by atoms with Gasteiger partial charge in [0.2, 0.25) is 5.91 Å². The summed E-state index contributed by atoms with van der Waals surface area (Å²) in [5.41, 5.74) is 6.03. The van der Waals surface area contributed by atoms with E-state index in [2.05, 4.69) is 4.90 Å². The summed E-state index contributed by atoms with van der Waals surface area (Å²) in [6.07, 6.45) is 8.06. The summed E-state index contributed by atoms with van der Waals surface area (Å²) in [4.78, 5) is 14.4. The molecule has 3 fully saturated rings. The normalized spacial score (nSPS) is 41.9. The van der Waals surface area contributed by atoms with E-state index >= 15 is 0 Å². The van der Waals surface area contributed by atoms with Crippen molar-refractivity contribution in [2.24, 2.45) is 17.6 Å². The van der Waals surface area contributed by atoms with E-state index in [1.54, 1.807) is 0 Å². The maximum Gasteiger partial charge on any atom is 0.223 e. The van der Waals surface area contributed by atoms with E-state index in [0.29, 0.717) is 24.3 Å². The number of nitrogens with zero attached hydrogens (tertiary/aromatic N) is 1. The molecule has 1 heterocycles. The second kappa shape index (κ2) is 4.02. The molecule has 1 aliphatic heterocycles. The third kappa shape index (κ3) is 1.75. The zero-order valence-corrected chi connectivity index (χ0v) is 9.90. The number of rotatable bonds is 2. The Kier molecular flexibility index (Phi) is 2.66. The molecular weight excluding hydrogens is 200 g/mol. The Morgan fingerprint density at radius 2 is 2.12 bits per heavy atom. The van der Waals surface area contributed by atoms with E-state index in [1.807, 2.05) is 0 Å². The highest BCUT2D eigenvalue weighted by molar-refractivity contribution is 5.77. The van der Waals surface area contributed by atoms with Crippen LogP contribution in [0.4, 0.5) is 0 Å². The molecule has 0 spiro atoms. The van der Waals surface area contributed by atoms with Crippen molar-refractivity contribution in [2.45, 2.75) is 57.0 Å². The fourth-order valence-electron chi connectivity index (χ4n) is 3.89. The van der Waals surface area contributed by atoms with Crippen molar-refractivity contribution in [2.75, 3.05) is 6.54 Å². The number of carbonyl (C=O) groups is 1. The molecule has 3 heteroatoms. The molecule has 3 aliphatic rings. The first-order valence-electron chi connectivity index (χ1n) is 6.79. The summed E-state index contributed by atoms with van der Waals surface area (Å²) in [7, 11) is 0. The Hall–Kier alpha value is -0.570. The largest absolute Gasteiger partial charge is 0.339 e. The molecule has 4 atom stereocenters. The molecule has 0 aromatic rings. The standard InChI is InChI=1S/C13H22N2O/c14-12-3-1-2-10(12)7-13(16)15-8-9-4-5-11(15)6-9/h9-12H,1-8,14H2/t9?,10-,11?,12+/m0/s1. The van der Waals surface area contributed by atoms with Crippen LogP contribution < -0.4 is 5.73 Å². The van der Waals surface area contributed by atoms with Gasteiger partial charge in [0.05, 0.1) is 0 Å². The smallest absolute Gasteiger partial charge is 0.223 e. The summed E-state index contributed by atoms with van der Waals surface area (Å²) < 4.78 is 0. The van der Waals surface area contributed by atoms with Crippen LogP contribution in [0.1, 0.15) is 44.9 Å². The maximum atomic E-state index is 12.2. The summed E-state index contributed by atoms with van der Waals surface area (Å²) in [5.74, 6) is 1.66. The van der Waals surface area contributed by atoms with E-state index < -0.39 is 0 Å². The number of hydrogen-bond acceptors (Lipinski definition) is 2. The van der Waals surface area contributed by atoms with Gasteiger partial charge in [0.25, 0.3) is 0 Å². The Morgan fingerprint density at radius 3 is 2.69 bits per heavy atom. The molecule has 2 N–H and O–H groups in total. The fraction of sp³-hybridized carbons (Fsp3) is 0.923. The molecule has 1 amide bonds. The molecule has 0 aromatic heterocycles. The highest BCUT2D eigenvalue weighted by Gasteiger charge is 2.41. The van der Waals surface area contributed by atoms with Gasteiger partial charge in [0, 0.05) is 25.0 Å². The molecule has 2 bridgehead atoms. The summed E-state index contributed by atoms with van der Waals surface area (Å²) in [5, 5.41) is 0. The average molecular weight is 222 g/mol. The van der Waals surface area contributed by atoms with Crippen molar-refractivity contribution >= 4 is 5.91 Å². The summed E-state index contributed by atoms with van der Waals surface area (Å²) >= 11 is 0. The van der Waals surface area contributed by atoms with Gasteiger partial charge < -0.3 is 10.6 Å².